The summed E-state index contributed by atoms with van der Waals surface area (Å²) < 4.78 is 14.7. The summed E-state index contributed by atoms with van der Waals surface area (Å²) in [4.78, 5) is 25.7. The zero-order valence-electron chi connectivity index (χ0n) is 16.2. The van der Waals surface area contributed by atoms with Crippen LogP contribution in [0.2, 0.25) is 5.02 Å². The van der Waals surface area contributed by atoms with E-state index in [0.29, 0.717) is 9.92 Å². The Labute approximate surface area is 164 Å². The molecular formula is C19H29ClN2O3S. The molecule has 7 heteroatoms. The van der Waals surface area contributed by atoms with Gasteiger partial charge in [0.2, 0.25) is 5.91 Å². The number of nitrogens with zero attached hydrogens (tertiary/aromatic N) is 1. The SMILES string of the molecule is CC.CC(=O)C1CCN(c2ccc(S(=O)NC(=O)C(C)C)cc2Cl)CC1. The van der Waals surface area contributed by atoms with Crippen LogP contribution >= 0.6 is 11.6 Å². The van der Waals surface area contributed by atoms with E-state index in [1.54, 1.807) is 32.9 Å². The quantitative estimate of drug-likeness (QED) is 0.812. The van der Waals surface area contributed by atoms with Crippen molar-refractivity contribution < 1.29 is 13.8 Å². The number of nitrogens with one attached hydrogen (secondary N) is 1. The molecule has 146 valence electrons. The molecule has 1 heterocycles. The zero-order chi connectivity index (χ0) is 19.9. The van der Waals surface area contributed by atoms with E-state index in [1.165, 1.54) is 0 Å². The lowest BCUT2D eigenvalue weighted by molar-refractivity contribution is -0.122. The van der Waals surface area contributed by atoms with Gasteiger partial charge in [-0.25, -0.2) is 4.21 Å². The highest BCUT2D eigenvalue weighted by molar-refractivity contribution is 7.83. The van der Waals surface area contributed by atoms with Crippen molar-refractivity contribution in [3.63, 3.8) is 0 Å². The summed E-state index contributed by atoms with van der Waals surface area (Å²) in [6.45, 7) is 10.7. The van der Waals surface area contributed by atoms with Crippen molar-refractivity contribution in [2.75, 3.05) is 18.0 Å². The smallest absolute Gasteiger partial charge is 0.234 e. The highest BCUT2D eigenvalue weighted by Crippen LogP contribution is 2.31. The number of hydrogen-bond donors (Lipinski definition) is 1. The third-order valence-corrected chi connectivity index (χ3v) is 5.63. The van der Waals surface area contributed by atoms with Gasteiger partial charge in [0.25, 0.3) is 0 Å². The van der Waals surface area contributed by atoms with Crippen LogP contribution in [0.4, 0.5) is 5.69 Å². The summed E-state index contributed by atoms with van der Waals surface area (Å²) in [5, 5.41) is 0.501. The number of halogens is 1. The molecule has 5 nitrogen and oxygen atoms in total. The highest BCUT2D eigenvalue weighted by Gasteiger charge is 2.24. The summed E-state index contributed by atoms with van der Waals surface area (Å²) in [5.74, 6) is -0.114. The number of ketones is 1. The van der Waals surface area contributed by atoms with Crippen LogP contribution in [0.15, 0.2) is 23.1 Å². The highest BCUT2D eigenvalue weighted by atomic mass is 35.5. The summed E-state index contributed by atoms with van der Waals surface area (Å²) >= 11 is 6.35. The zero-order valence-corrected chi connectivity index (χ0v) is 17.7. The molecule has 1 aliphatic heterocycles. The molecule has 2 rings (SSSR count). The van der Waals surface area contributed by atoms with Crippen molar-refractivity contribution in [1.29, 1.82) is 0 Å². The lowest BCUT2D eigenvalue weighted by Gasteiger charge is -2.33. The lowest BCUT2D eigenvalue weighted by atomic mass is 9.93. The Kier molecular flexibility index (Phi) is 9.30. The molecule has 1 aliphatic rings. The number of hydrogen-bond acceptors (Lipinski definition) is 4. The molecule has 1 amide bonds. The fourth-order valence-electron chi connectivity index (χ4n) is 2.65. The van der Waals surface area contributed by atoms with Crippen molar-refractivity contribution in [3.8, 4) is 0 Å². The molecular weight excluding hydrogens is 372 g/mol. The molecule has 0 saturated carbocycles. The monoisotopic (exact) mass is 400 g/mol. The van der Waals surface area contributed by atoms with Gasteiger partial charge in [-0.1, -0.05) is 39.3 Å². The van der Waals surface area contributed by atoms with Crippen LogP contribution in [-0.4, -0.2) is 29.0 Å². The Morgan fingerprint density at radius 3 is 2.27 bits per heavy atom. The van der Waals surface area contributed by atoms with E-state index in [-0.39, 0.29) is 23.5 Å². The van der Waals surface area contributed by atoms with Crippen LogP contribution in [0.25, 0.3) is 0 Å². The minimum atomic E-state index is -1.62. The predicted molar refractivity (Wildman–Crippen MR) is 108 cm³/mol. The van der Waals surface area contributed by atoms with E-state index in [9.17, 15) is 13.8 Å². The topological polar surface area (TPSA) is 66.5 Å². The molecule has 1 aromatic carbocycles. The van der Waals surface area contributed by atoms with Gasteiger partial charge in [0.05, 0.1) is 15.6 Å². The van der Waals surface area contributed by atoms with Crippen LogP contribution in [0.3, 0.4) is 0 Å². The first-order chi connectivity index (χ1) is 12.3. The summed E-state index contributed by atoms with van der Waals surface area (Å²) in [6.07, 6.45) is 1.65. The second-order valence-electron chi connectivity index (χ2n) is 6.37. The van der Waals surface area contributed by atoms with Gasteiger partial charge in [-0.05, 0) is 38.0 Å². The van der Waals surface area contributed by atoms with Crippen LogP contribution in [0, 0.1) is 11.8 Å². The Morgan fingerprint density at radius 1 is 1.23 bits per heavy atom. The van der Waals surface area contributed by atoms with Gasteiger partial charge >= 0.3 is 0 Å². The van der Waals surface area contributed by atoms with Crippen molar-refractivity contribution in [2.45, 2.75) is 52.4 Å². The summed E-state index contributed by atoms with van der Waals surface area (Å²) in [7, 11) is -1.62. The van der Waals surface area contributed by atoms with E-state index in [4.69, 9.17) is 11.6 Å². The average molecular weight is 401 g/mol. The van der Waals surface area contributed by atoms with Gasteiger partial charge in [-0.2, -0.15) is 0 Å². The standard InChI is InChI=1S/C17H23ClN2O3S.C2H6/c1-11(2)17(22)19-24(23)14-4-5-16(15(18)10-14)20-8-6-13(7-9-20)12(3)21;1-2/h4-5,10-11,13H,6-9H2,1-3H3,(H,19,22);1-2H3. The van der Waals surface area contributed by atoms with E-state index >= 15 is 0 Å². The van der Waals surface area contributed by atoms with Crippen molar-refractivity contribution in [2.24, 2.45) is 11.8 Å². The first-order valence-corrected chi connectivity index (χ1v) is 10.6. The molecule has 1 saturated heterocycles. The number of anilines is 1. The Hall–Kier alpha value is -1.40. The molecule has 0 aliphatic carbocycles. The van der Waals surface area contributed by atoms with Crippen molar-refractivity contribution >= 4 is 40.0 Å². The molecule has 0 bridgehead atoms. The molecule has 26 heavy (non-hydrogen) atoms. The fraction of sp³-hybridized carbons (Fsp3) is 0.579. The summed E-state index contributed by atoms with van der Waals surface area (Å²) in [5.41, 5.74) is 0.870. The van der Waals surface area contributed by atoms with Crippen molar-refractivity contribution in [3.05, 3.63) is 23.2 Å². The third-order valence-electron chi connectivity index (χ3n) is 4.26. The van der Waals surface area contributed by atoms with E-state index in [0.717, 1.165) is 31.6 Å². The number of rotatable bonds is 5. The molecule has 1 aromatic rings. The lowest BCUT2D eigenvalue weighted by Crippen LogP contribution is -2.36. The van der Waals surface area contributed by atoms with Crippen LogP contribution in [-0.2, 0) is 20.6 Å². The molecule has 0 aromatic heterocycles. The van der Waals surface area contributed by atoms with Crippen LogP contribution in [0.5, 0.6) is 0 Å². The summed E-state index contributed by atoms with van der Waals surface area (Å²) in [6, 6.07) is 5.17. The van der Waals surface area contributed by atoms with Gasteiger partial charge in [0.15, 0.2) is 11.0 Å². The maximum Gasteiger partial charge on any atom is 0.234 e. The maximum absolute atomic E-state index is 12.2. The minimum Gasteiger partial charge on any atom is -0.370 e. The second kappa shape index (κ2) is 10.7. The number of amides is 1. The van der Waals surface area contributed by atoms with E-state index in [2.05, 4.69) is 9.62 Å². The predicted octanol–water partition coefficient (Wildman–Crippen LogP) is 3.97. The normalized spacial score (nSPS) is 15.9. The maximum atomic E-state index is 12.2. The molecule has 0 spiro atoms. The Balaban J connectivity index is 0.00000163. The molecule has 1 atom stereocenters. The van der Waals surface area contributed by atoms with Crippen LogP contribution in [0.1, 0.15) is 47.5 Å². The first kappa shape index (κ1) is 22.6. The number of benzene rings is 1. The fourth-order valence-corrected chi connectivity index (χ4v) is 3.97. The third kappa shape index (κ3) is 6.09. The molecule has 1 unspecified atom stereocenters. The van der Waals surface area contributed by atoms with Gasteiger partial charge in [0.1, 0.15) is 5.78 Å². The van der Waals surface area contributed by atoms with Crippen LogP contribution < -0.4 is 9.62 Å². The number of carbonyl (C=O) groups excluding carboxylic acids is 2. The van der Waals surface area contributed by atoms with Crippen molar-refractivity contribution in [1.82, 2.24) is 4.72 Å². The van der Waals surface area contributed by atoms with Gasteiger partial charge < -0.3 is 4.90 Å². The number of piperidine rings is 1. The molecule has 1 N–H and O–H groups in total. The minimum absolute atomic E-state index is 0.137. The Bertz CT molecular complexity index is 656. The average Bonchev–Trinajstić information content (AvgIpc) is 2.63. The number of Topliss-reactive ketones (excluding diaryl/α,β-unsaturated/α-hetero) is 1. The molecule has 1 fully saturated rings. The second-order valence-corrected chi connectivity index (χ2v) is 8.00. The van der Waals surface area contributed by atoms with E-state index in [1.807, 2.05) is 19.9 Å². The Morgan fingerprint density at radius 2 is 1.81 bits per heavy atom. The number of carbonyl (C=O) groups is 2. The van der Waals surface area contributed by atoms with Gasteiger partial charge in [0, 0.05) is 24.9 Å². The first-order valence-electron chi connectivity index (χ1n) is 9.06. The van der Waals surface area contributed by atoms with Gasteiger partial charge in [-0.15, -0.1) is 0 Å². The van der Waals surface area contributed by atoms with E-state index < -0.39 is 11.0 Å². The van der Waals surface area contributed by atoms with Gasteiger partial charge in [-0.3, -0.25) is 14.3 Å². The largest absolute Gasteiger partial charge is 0.370 e. The molecule has 0 radical (unpaired) electrons.